The molecule has 3 aliphatic heterocycles. The molecule has 2 unspecified atom stereocenters. The highest BCUT2D eigenvalue weighted by molar-refractivity contribution is 8.02. The Hall–Kier alpha value is -3.36. The second-order valence-electron chi connectivity index (χ2n) is 11.5. The monoisotopic (exact) mass is 588 g/mol. The predicted octanol–water partition coefficient (Wildman–Crippen LogP) is 5.16. The Bertz CT molecular complexity index is 1360. The Morgan fingerprint density at radius 1 is 1.19 bits per heavy atom. The summed E-state index contributed by atoms with van der Waals surface area (Å²) in [5.74, 6) is -2.20. The van der Waals surface area contributed by atoms with E-state index in [0.717, 1.165) is 35.2 Å². The summed E-state index contributed by atoms with van der Waals surface area (Å²) in [4.78, 5) is 46.3. The molecule has 3 heterocycles. The second kappa shape index (κ2) is 12.5. The van der Waals surface area contributed by atoms with Crippen molar-refractivity contribution in [1.29, 1.82) is 0 Å². The molecule has 0 aliphatic carbocycles. The molecule has 2 aromatic carbocycles. The van der Waals surface area contributed by atoms with Crippen LogP contribution in [0.4, 0.5) is 5.69 Å². The topological polar surface area (TPSA) is 87.1 Å². The molecule has 2 amide bonds. The quantitative estimate of drug-likeness (QED) is 0.210. The summed E-state index contributed by atoms with van der Waals surface area (Å²) in [5.41, 5.74) is 3.46. The van der Waals surface area contributed by atoms with Gasteiger partial charge in [0.2, 0.25) is 5.91 Å². The third-order valence-corrected chi connectivity index (χ3v) is 10.9. The fourth-order valence-corrected chi connectivity index (χ4v) is 9.28. The van der Waals surface area contributed by atoms with Crippen LogP contribution in [-0.2, 0) is 19.1 Å². The zero-order valence-electron chi connectivity index (χ0n) is 24.4. The SMILES string of the molecule is C=CCCCOC(=O)[C@@H]1[C@H]2C(=O)N([C@H](CO)c3ccccc3)C(C(=O)N(CC=C)c3cc(C)ccc3C)C23CC[C@H]1S3. The maximum Gasteiger partial charge on any atom is 0.310 e. The predicted molar refractivity (Wildman–Crippen MR) is 166 cm³/mol. The molecule has 222 valence electrons. The number of nitrogens with zero attached hydrogens (tertiary/aromatic N) is 2. The molecule has 6 atom stereocenters. The minimum Gasteiger partial charge on any atom is -0.465 e. The minimum atomic E-state index is -0.874. The molecule has 8 heteroatoms. The van der Waals surface area contributed by atoms with Crippen LogP contribution >= 0.6 is 11.8 Å². The van der Waals surface area contributed by atoms with Gasteiger partial charge in [0.15, 0.2) is 0 Å². The van der Waals surface area contributed by atoms with Gasteiger partial charge in [-0.2, -0.15) is 0 Å². The van der Waals surface area contributed by atoms with Crippen molar-refractivity contribution in [3.05, 3.63) is 90.5 Å². The van der Waals surface area contributed by atoms with E-state index in [4.69, 9.17) is 4.74 Å². The molecule has 5 rings (SSSR count). The van der Waals surface area contributed by atoms with Crippen LogP contribution in [0.3, 0.4) is 0 Å². The summed E-state index contributed by atoms with van der Waals surface area (Å²) >= 11 is 1.60. The van der Waals surface area contributed by atoms with E-state index in [1.807, 2.05) is 62.4 Å². The Labute approximate surface area is 252 Å². The Kier molecular flexibility index (Phi) is 8.94. The number of allylic oxidation sites excluding steroid dienone is 1. The zero-order chi connectivity index (χ0) is 30.0. The number of likely N-dealkylation sites (tertiary alicyclic amines) is 1. The Morgan fingerprint density at radius 3 is 2.64 bits per heavy atom. The van der Waals surface area contributed by atoms with E-state index in [0.29, 0.717) is 12.8 Å². The average molecular weight is 589 g/mol. The number of esters is 1. The number of anilines is 1. The summed E-state index contributed by atoms with van der Waals surface area (Å²) in [6.07, 6.45) is 6.24. The summed E-state index contributed by atoms with van der Waals surface area (Å²) in [7, 11) is 0. The van der Waals surface area contributed by atoms with E-state index in [-0.39, 0.29) is 42.8 Å². The minimum absolute atomic E-state index is 0.0961. The van der Waals surface area contributed by atoms with Gasteiger partial charge in [-0.15, -0.1) is 24.9 Å². The smallest absolute Gasteiger partial charge is 0.310 e. The molecule has 0 saturated carbocycles. The number of carbonyl (C=O) groups excluding carboxylic acids is 3. The Morgan fingerprint density at radius 2 is 1.95 bits per heavy atom. The number of benzene rings is 2. The van der Waals surface area contributed by atoms with Gasteiger partial charge in [0, 0.05) is 17.5 Å². The fourth-order valence-electron chi connectivity index (χ4n) is 7.09. The first-order valence-electron chi connectivity index (χ1n) is 14.7. The van der Waals surface area contributed by atoms with Gasteiger partial charge in [-0.25, -0.2) is 0 Å². The van der Waals surface area contributed by atoms with Crippen molar-refractivity contribution in [2.75, 3.05) is 24.7 Å². The van der Waals surface area contributed by atoms with Crippen molar-refractivity contribution in [2.24, 2.45) is 11.8 Å². The fraction of sp³-hybridized carbons (Fsp3) is 0.441. The van der Waals surface area contributed by atoms with E-state index < -0.39 is 28.7 Å². The molecule has 2 aromatic rings. The molecule has 3 aliphatic rings. The number of aliphatic hydroxyl groups excluding tert-OH is 1. The zero-order valence-corrected chi connectivity index (χ0v) is 25.2. The van der Waals surface area contributed by atoms with Crippen LogP contribution in [0.1, 0.15) is 48.4 Å². The molecule has 1 N–H and O–H groups in total. The maximum absolute atomic E-state index is 14.9. The van der Waals surface area contributed by atoms with Crippen LogP contribution in [0, 0.1) is 25.7 Å². The molecule has 3 saturated heterocycles. The van der Waals surface area contributed by atoms with E-state index in [1.165, 1.54) is 0 Å². The number of aryl methyl sites for hydroxylation is 2. The molecule has 7 nitrogen and oxygen atoms in total. The van der Waals surface area contributed by atoms with Crippen molar-refractivity contribution >= 4 is 35.2 Å². The van der Waals surface area contributed by atoms with Gasteiger partial charge in [-0.1, -0.05) is 54.6 Å². The molecule has 42 heavy (non-hydrogen) atoms. The first-order valence-corrected chi connectivity index (χ1v) is 15.6. The van der Waals surface area contributed by atoms with Crippen molar-refractivity contribution in [3.8, 4) is 0 Å². The van der Waals surface area contributed by atoms with Gasteiger partial charge in [0.25, 0.3) is 5.91 Å². The number of hydrogen-bond donors (Lipinski definition) is 1. The van der Waals surface area contributed by atoms with Crippen LogP contribution in [0.5, 0.6) is 0 Å². The molecule has 2 bridgehead atoms. The third-order valence-electron chi connectivity index (χ3n) is 8.97. The first kappa shape index (κ1) is 30.1. The van der Waals surface area contributed by atoms with E-state index in [2.05, 4.69) is 13.2 Å². The number of thioether (sulfide) groups is 1. The highest BCUT2D eigenvalue weighted by Gasteiger charge is 2.75. The number of rotatable bonds is 12. The van der Waals surface area contributed by atoms with E-state index in [1.54, 1.807) is 33.7 Å². The van der Waals surface area contributed by atoms with Crippen LogP contribution in [-0.4, -0.2) is 63.6 Å². The number of amides is 2. The van der Waals surface area contributed by atoms with Gasteiger partial charge < -0.3 is 19.6 Å². The number of ether oxygens (including phenoxy) is 1. The number of carbonyl (C=O) groups is 3. The van der Waals surface area contributed by atoms with Crippen molar-refractivity contribution < 1.29 is 24.2 Å². The highest BCUT2D eigenvalue weighted by atomic mass is 32.2. The molecule has 0 radical (unpaired) electrons. The van der Waals surface area contributed by atoms with E-state index >= 15 is 0 Å². The number of fused-ring (bicyclic) bond motifs is 1. The van der Waals surface area contributed by atoms with Crippen LogP contribution < -0.4 is 4.90 Å². The van der Waals surface area contributed by atoms with Gasteiger partial charge in [-0.3, -0.25) is 14.4 Å². The lowest BCUT2D eigenvalue weighted by Crippen LogP contribution is -2.56. The molecule has 3 fully saturated rings. The summed E-state index contributed by atoms with van der Waals surface area (Å²) < 4.78 is 4.89. The van der Waals surface area contributed by atoms with Crippen LogP contribution in [0.2, 0.25) is 0 Å². The van der Waals surface area contributed by atoms with Crippen molar-refractivity contribution in [3.63, 3.8) is 0 Å². The van der Waals surface area contributed by atoms with Crippen molar-refractivity contribution in [1.82, 2.24) is 4.90 Å². The lowest BCUT2D eigenvalue weighted by atomic mass is 9.71. The summed E-state index contributed by atoms with van der Waals surface area (Å²) in [5, 5.41) is 10.6. The van der Waals surface area contributed by atoms with Gasteiger partial charge in [0.05, 0.1) is 35.8 Å². The lowest BCUT2D eigenvalue weighted by Gasteiger charge is -2.40. The average Bonchev–Trinajstić information content (AvgIpc) is 3.64. The number of unbranched alkanes of at least 4 members (excludes halogenated alkanes) is 1. The van der Waals surface area contributed by atoms with Crippen LogP contribution in [0.15, 0.2) is 73.8 Å². The standard InChI is InChI=1S/C34H40N2O5S/c1-5-7-11-19-41-33(40)28-27-16-17-34(42-27)29(28)31(38)36(26(21-37)24-12-9-8-10-13-24)30(34)32(39)35(18-6-2)25-20-22(3)14-15-23(25)4/h5-6,8-10,12-15,20,26-30,37H,1-2,7,11,16-19,21H2,3-4H3/t26-,27-,28+,29+,30?,34?/m1/s1. The highest BCUT2D eigenvalue weighted by Crippen LogP contribution is 2.67. The molecular weight excluding hydrogens is 548 g/mol. The largest absolute Gasteiger partial charge is 0.465 e. The van der Waals surface area contributed by atoms with Gasteiger partial charge in [0.1, 0.15) is 6.04 Å². The Balaban J connectivity index is 1.60. The first-order chi connectivity index (χ1) is 20.3. The molecule has 1 spiro atoms. The molecular formula is C34H40N2O5S. The maximum atomic E-state index is 14.9. The van der Waals surface area contributed by atoms with Gasteiger partial charge >= 0.3 is 5.97 Å². The summed E-state index contributed by atoms with van der Waals surface area (Å²) in [6, 6.07) is 13.7. The number of hydrogen-bond acceptors (Lipinski definition) is 6. The van der Waals surface area contributed by atoms with Crippen LogP contribution in [0.25, 0.3) is 0 Å². The normalized spacial score (nSPS) is 26.5. The lowest BCUT2D eigenvalue weighted by molar-refractivity contribution is -0.154. The third kappa shape index (κ3) is 5.09. The van der Waals surface area contributed by atoms with Crippen molar-refractivity contribution in [2.45, 2.75) is 61.6 Å². The van der Waals surface area contributed by atoms with E-state index in [9.17, 15) is 19.5 Å². The second-order valence-corrected chi connectivity index (χ2v) is 13.1. The summed E-state index contributed by atoms with van der Waals surface area (Å²) in [6.45, 7) is 11.8. The number of aliphatic hydroxyl groups is 1. The van der Waals surface area contributed by atoms with Gasteiger partial charge in [-0.05, 0) is 62.3 Å². The molecule has 0 aromatic heterocycles.